The summed E-state index contributed by atoms with van der Waals surface area (Å²) in [5.41, 5.74) is 0.00272. The first kappa shape index (κ1) is 18.7. The standard InChI is InChI=1S/C21H28FNO4/c1-21(14-15-2-4-17(21)12-15)27-19-13-16(3-5-18(19)22)20(24)26-11-8-23-6-9-25-10-7-23/h3,5,13,15,17H,2,4,6-12,14H2,1H3. The number of benzene rings is 1. The molecule has 2 aliphatic carbocycles. The molecule has 2 bridgehead atoms. The van der Waals surface area contributed by atoms with Crippen molar-refractivity contribution in [2.45, 2.75) is 38.2 Å². The van der Waals surface area contributed by atoms with Gasteiger partial charge in [0.15, 0.2) is 11.6 Å². The van der Waals surface area contributed by atoms with Gasteiger partial charge in [0.25, 0.3) is 0 Å². The zero-order valence-corrected chi connectivity index (χ0v) is 15.9. The lowest BCUT2D eigenvalue weighted by Gasteiger charge is -2.34. The fourth-order valence-electron chi connectivity index (χ4n) is 4.82. The average molecular weight is 377 g/mol. The average Bonchev–Trinajstić information content (AvgIpc) is 3.25. The van der Waals surface area contributed by atoms with Crippen molar-refractivity contribution >= 4 is 5.97 Å². The number of hydrogen-bond acceptors (Lipinski definition) is 5. The van der Waals surface area contributed by atoms with Crippen LogP contribution < -0.4 is 4.74 Å². The summed E-state index contributed by atoms with van der Waals surface area (Å²) in [5.74, 6) is 0.463. The Morgan fingerprint density at radius 2 is 2.15 bits per heavy atom. The monoisotopic (exact) mass is 377 g/mol. The molecule has 1 aromatic rings. The highest BCUT2D eigenvalue weighted by atomic mass is 19.1. The Kier molecular flexibility index (Phi) is 5.37. The fourth-order valence-corrected chi connectivity index (χ4v) is 4.82. The number of morpholine rings is 1. The van der Waals surface area contributed by atoms with Crippen LogP contribution in [0, 0.1) is 17.7 Å². The number of halogens is 1. The molecule has 3 unspecified atom stereocenters. The van der Waals surface area contributed by atoms with Crippen molar-refractivity contribution in [1.29, 1.82) is 0 Å². The zero-order chi connectivity index (χ0) is 18.9. The molecule has 0 spiro atoms. The van der Waals surface area contributed by atoms with Gasteiger partial charge in [0.1, 0.15) is 12.2 Å². The third-order valence-corrected chi connectivity index (χ3v) is 6.35. The van der Waals surface area contributed by atoms with Crippen molar-refractivity contribution in [2.75, 3.05) is 39.5 Å². The second-order valence-electron chi connectivity index (χ2n) is 8.23. The van der Waals surface area contributed by atoms with Crippen LogP contribution in [0.15, 0.2) is 18.2 Å². The molecule has 1 aliphatic heterocycles. The number of rotatable bonds is 6. The van der Waals surface area contributed by atoms with Crippen molar-refractivity contribution in [3.8, 4) is 5.75 Å². The van der Waals surface area contributed by atoms with E-state index in [2.05, 4.69) is 11.8 Å². The number of esters is 1. The van der Waals surface area contributed by atoms with Crippen LogP contribution in [0.25, 0.3) is 0 Å². The van der Waals surface area contributed by atoms with Crippen LogP contribution >= 0.6 is 0 Å². The summed E-state index contributed by atoms with van der Waals surface area (Å²) in [6.45, 7) is 6.21. The Hall–Kier alpha value is -1.66. The Balaban J connectivity index is 1.36. The van der Waals surface area contributed by atoms with Gasteiger partial charge in [-0.2, -0.15) is 0 Å². The van der Waals surface area contributed by atoms with Gasteiger partial charge in [-0.15, -0.1) is 0 Å². The predicted molar refractivity (Wildman–Crippen MR) is 98.4 cm³/mol. The summed E-state index contributed by atoms with van der Waals surface area (Å²) < 4.78 is 31.1. The molecule has 3 aliphatic rings. The normalized spacial score (nSPS) is 30.4. The third-order valence-electron chi connectivity index (χ3n) is 6.35. The molecule has 1 aromatic carbocycles. The molecular formula is C21H28FNO4. The second kappa shape index (κ2) is 7.76. The van der Waals surface area contributed by atoms with Gasteiger partial charge in [-0.1, -0.05) is 0 Å². The maximum atomic E-state index is 14.3. The molecule has 5 nitrogen and oxygen atoms in total. The van der Waals surface area contributed by atoms with Crippen molar-refractivity contribution in [1.82, 2.24) is 4.90 Å². The lowest BCUT2D eigenvalue weighted by molar-refractivity contribution is 0.0190. The van der Waals surface area contributed by atoms with Gasteiger partial charge in [-0.3, -0.25) is 4.90 Å². The Labute approximate surface area is 159 Å². The van der Waals surface area contributed by atoms with E-state index in [9.17, 15) is 9.18 Å². The van der Waals surface area contributed by atoms with E-state index in [-0.39, 0.29) is 11.4 Å². The minimum absolute atomic E-state index is 0.160. The molecule has 1 heterocycles. The molecule has 0 N–H and O–H groups in total. The molecule has 148 valence electrons. The van der Waals surface area contributed by atoms with Crippen molar-refractivity contribution in [2.24, 2.45) is 11.8 Å². The van der Waals surface area contributed by atoms with Gasteiger partial charge in [0, 0.05) is 19.6 Å². The Morgan fingerprint density at radius 3 is 2.85 bits per heavy atom. The van der Waals surface area contributed by atoms with Crippen LogP contribution in [-0.2, 0) is 9.47 Å². The lowest BCUT2D eigenvalue weighted by Crippen LogP contribution is -2.38. The van der Waals surface area contributed by atoms with Crippen LogP contribution in [-0.4, -0.2) is 55.9 Å². The van der Waals surface area contributed by atoms with E-state index >= 15 is 0 Å². The Bertz CT molecular complexity index is 691. The van der Waals surface area contributed by atoms with Crippen LogP contribution in [0.5, 0.6) is 5.75 Å². The summed E-state index contributed by atoms with van der Waals surface area (Å²) in [6.07, 6.45) is 4.53. The lowest BCUT2D eigenvalue weighted by atomic mass is 9.85. The van der Waals surface area contributed by atoms with Gasteiger partial charge in [0.2, 0.25) is 0 Å². The number of carbonyl (C=O) groups is 1. The quantitative estimate of drug-likeness (QED) is 0.712. The van der Waals surface area contributed by atoms with Crippen LogP contribution in [0.2, 0.25) is 0 Å². The number of fused-ring (bicyclic) bond motifs is 2. The van der Waals surface area contributed by atoms with Gasteiger partial charge >= 0.3 is 5.97 Å². The van der Waals surface area contributed by atoms with Crippen molar-refractivity contribution < 1.29 is 23.4 Å². The maximum Gasteiger partial charge on any atom is 0.338 e. The highest BCUT2D eigenvalue weighted by Gasteiger charge is 2.50. The first-order chi connectivity index (χ1) is 13.0. The van der Waals surface area contributed by atoms with Gasteiger partial charge < -0.3 is 14.2 Å². The topological polar surface area (TPSA) is 48.0 Å². The van der Waals surface area contributed by atoms with Gasteiger partial charge in [-0.25, -0.2) is 9.18 Å². The molecule has 3 fully saturated rings. The minimum Gasteiger partial charge on any atom is -0.484 e. The summed E-state index contributed by atoms with van der Waals surface area (Å²) in [5, 5.41) is 0. The van der Waals surface area contributed by atoms with Crippen LogP contribution in [0.4, 0.5) is 4.39 Å². The Morgan fingerprint density at radius 1 is 1.33 bits per heavy atom. The van der Waals surface area contributed by atoms with Crippen LogP contribution in [0.1, 0.15) is 43.0 Å². The first-order valence-corrected chi connectivity index (χ1v) is 9.99. The number of hydrogen-bond donors (Lipinski definition) is 0. The molecule has 2 saturated carbocycles. The number of carbonyl (C=O) groups excluding carboxylic acids is 1. The zero-order valence-electron chi connectivity index (χ0n) is 15.9. The summed E-state index contributed by atoms with van der Waals surface area (Å²) >= 11 is 0. The molecule has 4 rings (SSSR count). The largest absolute Gasteiger partial charge is 0.484 e. The smallest absolute Gasteiger partial charge is 0.338 e. The van der Waals surface area contributed by atoms with Gasteiger partial charge in [-0.05, 0) is 62.6 Å². The number of nitrogens with zero attached hydrogens (tertiary/aromatic N) is 1. The van der Waals surface area contributed by atoms with E-state index in [1.165, 1.54) is 31.0 Å². The molecule has 0 amide bonds. The van der Waals surface area contributed by atoms with E-state index in [1.54, 1.807) is 0 Å². The van der Waals surface area contributed by atoms with Crippen molar-refractivity contribution in [3.05, 3.63) is 29.6 Å². The highest BCUT2D eigenvalue weighted by molar-refractivity contribution is 5.89. The third kappa shape index (κ3) is 4.11. The van der Waals surface area contributed by atoms with Crippen LogP contribution in [0.3, 0.4) is 0 Å². The van der Waals surface area contributed by atoms with E-state index in [4.69, 9.17) is 14.2 Å². The summed E-state index contributed by atoms with van der Waals surface area (Å²) in [6, 6.07) is 4.25. The SMILES string of the molecule is CC1(Oc2cc(C(=O)OCCN3CCOCC3)ccc2F)CC2CCC1C2. The van der Waals surface area contributed by atoms with E-state index < -0.39 is 11.8 Å². The van der Waals surface area contributed by atoms with Crippen molar-refractivity contribution in [3.63, 3.8) is 0 Å². The molecule has 27 heavy (non-hydrogen) atoms. The fraction of sp³-hybridized carbons (Fsp3) is 0.667. The molecule has 0 radical (unpaired) electrons. The van der Waals surface area contributed by atoms with Gasteiger partial charge in [0.05, 0.1) is 18.8 Å². The first-order valence-electron chi connectivity index (χ1n) is 9.99. The maximum absolute atomic E-state index is 14.3. The second-order valence-corrected chi connectivity index (χ2v) is 8.23. The summed E-state index contributed by atoms with van der Waals surface area (Å²) in [7, 11) is 0. The van der Waals surface area contributed by atoms with E-state index in [1.807, 2.05) is 0 Å². The molecule has 6 heteroatoms. The minimum atomic E-state index is -0.439. The molecular weight excluding hydrogens is 349 g/mol. The van der Waals surface area contributed by atoms with E-state index in [0.29, 0.717) is 43.8 Å². The molecule has 3 atom stereocenters. The van der Waals surface area contributed by atoms with E-state index in [0.717, 1.165) is 25.9 Å². The summed E-state index contributed by atoms with van der Waals surface area (Å²) in [4.78, 5) is 14.6. The molecule has 0 aromatic heterocycles. The molecule has 1 saturated heterocycles. The predicted octanol–water partition coefficient (Wildman–Crippen LogP) is 3.27. The highest BCUT2D eigenvalue weighted by Crippen LogP contribution is 2.52. The number of ether oxygens (including phenoxy) is 3.